The standard InChI is InChI=1S/C21H16N4O2S/c1-26-13-8-9-15(18(10-13)27-2)19-16(11-22)20(24)25-21(17(19)12-23)28-14-6-4-3-5-7-14/h3-10H,1-2H3,(H2,24,25). The van der Waals surface area contributed by atoms with Gasteiger partial charge in [0.2, 0.25) is 0 Å². The maximum atomic E-state index is 9.89. The van der Waals surface area contributed by atoms with E-state index in [2.05, 4.69) is 17.1 Å². The van der Waals surface area contributed by atoms with Crippen molar-refractivity contribution < 1.29 is 9.47 Å². The van der Waals surface area contributed by atoms with E-state index >= 15 is 0 Å². The van der Waals surface area contributed by atoms with Crippen molar-refractivity contribution >= 4 is 17.6 Å². The lowest BCUT2D eigenvalue weighted by atomic mass is 9.96. The smallest absolute Gasteiger partial charge is 0.143 e. The topological polar surface area (TPSA) is 105 Å². The largest absolute Gasteiger partial charge is 0.497 e. The summed E-state index contributed by atoms with van der Waals surface area (Å²) in [7, 11) is 3.06. The first-order valence-corrected chi connectivity index (χ1v) is 9.03. The monoisotopic (exact) mass is 388 g/mol. The van der Waals surface area contributed by atoms with Gasteiger partial charge in [-0.1, -0.05) is 30.0 Å². The van der Waals surface area contributed by atoms with Gasteiger partial charge < -0.3 is 15.2 Å². The highest BCUT2D eigenvalue weighted by molar-refractivity contribution is 7.99. The number of nitrogens with zero attached hydrogens (tertiary/aromatic N) is 3. The van der Waals surface area contributed by atoms with Gasteiger partial charge in [0.25, 0.3) is 0 Å². The van der Waals surface area contributed by atoms with Gasteiger partial charge >= 0.3 is 0 Å². The van der Waals surface area contributed by atoms with Gasteiger partial charge in [-0.25, -0.2) is 4.98 Å². The summed E-state index contributed by atoms with van der Waals surface area (Å²) >= 11 is 1.31. The quantitative estimate of drug-likeness (QED) is 0.697. The van der Waals surface area contributed by atoms with Crippen molar-refractivity contribution in [1.29, 1.82) is 10.5 Å². The zero-order chi connectivity index (χ0) is 20.1. The molecule has 0 amide bonds. The molecule has 2 N–H and O–H groups in total. The molecule has 1 heterocycles. The second-order valence-corrected chi connectivity index (χ2v) is 6.69. The maximum Gasteiger partial charge on any atom is 0.143 e. The Kier molecular flexibility index (Phi) is 5.69. The van der Waals surface area contributed by atoms with Crippen LogP contribution in [0.25, 0.3) is 11.1 Å². The van der Waals surface area contributed by atoms with Crippen LogP contribution in [-0.4, -0.2) is 19.2 Å². The van der Waals surface area contributed by atoms with E-state index in [1.54, 1.807) is 25.3 Å². The highest BCUT2D eigenvalue weighted by Gasteiger charge is 2.23. The second kappa shape index (κ2) is 8.34. The molecular formula is C21H16N4O2S. The molecule has 0 radical (unpaired) electrons. The number of methoxy groups -OCH3 is 2. The minimum Gasteiger partial charge on any atom is -0.497 e. The van der Waals surface area contributed by atoms with Gasteiger partial charge in [-0.05, 0) is 24.3 Å². The van der Waals surface area contributed by atoms with Crippen LogP contribution in [-0.2, 0) is 0 Å². The molecule has 0 saturated heterocycles. The summed E-state index contributed by atoms with van der Waals surface area (Å²) < 4.78 is 10.7. The molecule has 0 bridgehead atoms. The third-order valence-corrected chi connectivity index (χ3v) is 5.05. The van der Waals surface area contributed by atoms with Gasteiger partial charge in [0.05, 0.1) is 19.8 Å². The minimum atomic E-state index is 0.0628. The average molecular weight is 388 g/mol. The molecule has 3 aromatic rings. The first-order valence-electron chi connectivity index (χ1n) is 8.21. The van der Waals surface area contributed by atoms with Crippen molar-refractivity contribution in [3.63, 3.8) is 0 Å². The van der Waals surface area contributed by atoms with Crippen molar-refractivity contribution in [2.24, 2.45) is 0 Å². The SMILES string of the molecule is COc1ccc(-c2c(C#N)c(N)nc(Sc3ccccc3)c2C#N)c(OC)c1. The fourth-order valence-electron chi connectivity index (χ4n) is 2.75. The lowest BCUT2D eigenvalue weighted by Gasteiger charge is -2.16. The van der Waals surface area contributed by atoms with Gasteiger partial charge in [-0.3, -0.25) is 0 Å². The first-order chi connectivity index (χ1) is 13.6. The molecule has 1 aromatic heterocycles. The van der Waals surface area contributed by atoms with Gasteiger partial charge in [-0.15, -0.1) is 0 Å². The normalized spacial score (nSPS) is 10.0. The van der Waals surface area contributed by atoms with E-state index in [0.717, 1.165) is 4.90 Å². The molecule has 0 aliphatic rings. The Hall–Kier alpha value is -3.68. The van der Waals surface area contributed by atoms with Gasteiger partial charge in [0, 0.05) is 22.1 Å². The summed E-state index contributed by atoms with van der Waals surface area (Å²) in [5.41, 5.74) is 7.44. The number of anilines is 1. The van der Waals surface area contributed by atoms with E-state index in [9.17, 15) is 10.5 Å². The molecule has 0 fully saturated rings. The Bertz CT molecular complexity index is 1100. The number of pyridine rings is 1. The molecule has 6 nitrogen and oxygen atoms in total. The average Bonchev–Trinajstić information content (AvgIpc) is 2.73. The van der Waals surface area contributed by atoms with Crippen molar-refractivity contribution in [2.75, 3.05) is 20.0 Å². The molecule has 7 heteroatoms. The number of nitriles is 2. The third kappa shape index (κ3) is 3.57. The van der Waals surface area contributed by atoms with Crippen LogP contribution < -0.4 is 15.2 Å². The van der Waals surface area contributed by atoms with E-state index in [0.29, 0.717) is 27.7 Å². The molecule has 0 saturated carbocycles. The number of aromatic nitrogens is 1. The van der Waals surface area contributed by atoms with Crippen LogP contribution in [0.4, 0.5) is 5.82 Å². The summed E-state index contributed by atoms with van der Waals surface area (Å²) in [4.78, 5) is 5.22. The lowest BCUT2D eigenvalue weighted by molar-refractivity contribution is 0.395. The van der Waals surface area contributed by atoms with Gasteiger partial charge in [0.1, 0.15) is 40.0 Å². The Morgan fingerprint density at radius 3 is 2.29 bits per heavy atom. The van der Waals surface area contributed by atoms with Crippen LogP contribution in [0, 0.1) is 22.7 Å². The molecule has 0 atom stereocenters. The Labute approximate surface area is 167 Å². The van der Waals surface area contributed by atoms with Crippen molar-refractivity contribution in [1.82, 2.24) is 4.98 Å². The molecule has 0 unspecified atom stereocenters. The molecule has 3 rings (SSSR count). The number of benzene rings is 2. The van der Waals surface area contributed by atoms with Crippen LogP contribution in [0.1, 0.15) is 11.1 Å². The number of nitrogens with two attached hydrogens (primary N) is 1. The zero-order valence-corrected chi connectivity index (χ0v) is 16.1. The predicted molar refractivity (Wildman–Crippen MR) is 107 cm³/mol. The molecule has 0 aliphatic heterocycles. The van der Waals surface area contributed by atoms with Gasteiger partial charge in [-0.2, -0.15) is 10.5 Å². The summed E-state index contributed by atoms with van der Waals surface area (Å²) in [6.07, 6.45) is 0. The summed E-state index contributed by atoms with van der Waals surface area (Å²) in [6, 6.07) is 19.0. The minimum absolute atomic E-state index is 0.0628. The fraction of sp³-hybridized carbons (Fsp3) is 0.0952. The number of ether oxygens (including phenoxy) is 2. The third-order valence-electron chi connectivity index (χ3n) is 4.05. The summed E-state index contributed by atoms with van der Waals surface area (Å²) in [5.74, 6) is 1.12. The number of rotatable bonds is 5. The van der Waals surface area contributed by atoms with E-state index in [-0.39, 0.29) is 16.9 Å². The number of nitrogen functional groups attached to an aromatic ring is 1. The van der Waals surface area contributed by atoms with Crippen LogP contribution in [0.3, 0.4) is 0 Å². The van der Waals surface area contributed by atoms with E-state index in [4.69, 9.17) is 15.2 Å². The second-order valence-electron chi connectivity index (χ2n) is 5.63. The molecule has 2 aromatic carbocycles. The van der Waals surface area contributed by atoms with E-state index < -0.39 is 0 Å². The maximum absolute atomic E-state index is 9.89. The molecular weight excluding hydrogens is 372 g/mol. The van der Waals surface area contributed by atoms with Crippen LogP contribution >= 0.6 is 11.8 Å². The fourth-order valence-corrected chi connectivity index (χ4v) is 3.66. The Balaban J connectivity index is 2.28. The van der Waals surface area contributed by atoms with E-state index in [1.165, 1.54) is 18.9 Å². The van der Waals surface area contributed by atoms with Crippen molar-refractivity contribution in [3.8, 4) is 34.8 Å². The summed E-state index contributed by atoms with van der Waals surface area (Å²) in [6.45, 7) is 0. The highest BCUT2D eigenvalue weighted by Crippen LogP contribution is 2.42. The molecule has 138 valence electrons. The van der Waals surface area contributed by atoms with Crippen LogP contribution in [0.5, 0.6) is 11.5 Å². The predicted octanol–water partition coefficient (Wildman–Crippen LogP) is 4.24. The summed E-state index contributed by atoms with van der Waals surface area (Å²) in [5, 5.41) is 20.0. The van der Waals surface area contributed by atoms with Crippen molar-refractivity contribution in [2.45, 2.75) is 9.92 Å². The lowest BCUT2D eigenvalue weighted by Crippen LogP contribution is -2.04. The molecule has 28 heavy (non-hydrogen) atoms. The van der Waals surface area contributed by atoms with E-state index in [1.807, 2.05) is 30.3 Å². The zero-order valence-electron chi connectivity index (χ0n) is 15.3. The molecule has 0 aliphatic carbocycles. The Morgan fingerprint density at radius 2 is 1.68 bits per heavy atom. The Morgan fingerprint density at radius 1 is 0.964 bits per heavy atom. The number of hydrogen-bond acceptors (Lipinski definition) is 7. The highest BCUT2D eigenvalue weighted by atomic mass is 32.2. The van der Waals surface area contributed by atoms with Crippen LogP contribution in [0.15, 0.2) is 58.5 Å². The molecule has 0 spiro atoms. The van der Waals surface area contributed by atoms with Crippen molar-refractivity contribution in [3.05, 3.63) is 59.7 Å². The first kappa shape index (κ1) is 19.1. The number of hydrogen-bond donors (Lipinski definition) is 1. The van der Waals surface area contributed by atoms with Gasteiger partial charge in [0.15, 0.2) is 0 Å². The van der Waals surface area contributed by atoms with Crippen LogP contribution in [0.2, 0.25) is 0 Å².